The molecule has 1 aromatic heterocycles. The van der Waals surface area contributed by atoms with Crippen LogP contribution in [0.2, 0.25) is 0 Å². The van der Waals surface area contributed by atoms with Gasteiger partial charge in [0.25, 0.3) is 5.91 Å². The first-order valence-corrected chi connectivity index (χ1v) is 8.83. The summed E-state index contributed by atoms with van der Waals surface area (Å²) in [6, 6.07) is 6.08. The van der Waals surface area contributed by atoms with E-state index in [1.54, 1.807) is 12.2 Å². The van der Waals surface area contributed by atoms with Crippen molar-refractivity contribution in [1.82, 2.24) is 10.3 Å². The minimum Gasteiger partial charge on any atom is -0.474 e. The number of carbonyl (C=O) groups excluding carboxylic acids is 1. The summed E-state index contributed by atoms with van der Waals surface area (Å²) in [5.41, 5.74) is 0.464. The van der Waals surface area contributed by atoms with Gasteiger partial charge < -0.3 is 15.2 Å². The SMILES string of the molecule is CC1COc2nc(C(=O)NCC(F)(F)F)c(Cc3ccc(F)cc3)cc2N1C(=O)O. The topological polar surface area (TPSA) is 91.8 Å². The Morgan fingerprint density at radius 3 is 2.57 bits per heavy atom. The van der Waals surface area contributed by atoms with Gasteiger partial charge in [-0.1, -0.05) is 12.1 Å². The van der Waals surface area contributed by atoms with E-state index in [4.69, 9.17) is 4.74 Å². The van der Waals surface area contributed by atoms with Gasteiger partial charge in [0.05, 0.1) is 6.04 Å². The number of halogens is 4. The summed E-state index contributed by atoms with van der Waals surface area (Å²) in [4.78, 5) is 29.1. The van der Waals surface area contributed by atoms with E-state index < -0.39 is 36.6 Å². The molecule has 1 aromatic carbocycles. The number of ether oxygens (including phenoxy) is 1. The molecule has 0 fully saturated rings. The highest BCUT2D eigenvalue weighted by molar-refractivity contribution is 5.96. The molecule has 2 amide bonds. The number of benzene rings is 1. The summed E-state index contributed by atoms with van der Waals surface area (Å²) in [5.74, 6) is -1.74. The Morgan fingerprint density at radius 1 is 1.30 bits per heavy atom. The number of pyridine rings is 1. The van der Waals surface area contributed by atoms with E-state index in [2.05, 4.69) is 4.98 Å². The Labute approximate surface area is 168 Å². The van der Waals surface area contributed by atoms with E-state index in [0.717, 1.165) is 4.90 Å². The molecule has 7 nitrogen and oxygen atoms in total. The number of carboxylic acid groups (broad SMARTS) is 1. The number of rotatable bonds is 4. The lowest BCUT2D eigenvalue weighted by atomic mass is 10.0. The van der Waals surface area contributed by atoms with E-state index >= 15 is 0 Å². The van der Waals surface area contributed by atoms with Gasteiger partial charge in [-0.25, -0.2) is 14.2 Å². The molecule has 0 saturated carbocycles. The van der Waals surface area contributed by atoms with E-state index in [1.165, 1.54) is 30.3 Å². The number of hydrogen-bond acceptors (Lipinski definition) is 4. The zero-order chi connectivity index (χ0) is 22.1. The number of amides is 2. The number of nitrogens with zero attached hydrogens (tertiary/aromatic N) is 2. The van der Waals surface area contributed by atoms with Crippen LogP contribution in [0.5, 0.6) is 5.88 Å². The Bertz CT molecular complexity index is 963. The molecule has 2 heterocycles. The molecule has 1 aliphatic heterocycles. The molecular formula is C19H17F4N3O4. The Morgan fingerprint density at radius 2 is 1.97 bits per heavy atom. The number of hydrogen-bond donors (Lipinski definition) is 2. The molecule has 1 aliphatic rings. The van der Waals surface area contributed by atoms with Crippen LogP contribution in [0.1, 0.15) is 28.5 Å². The lowest BCUT2D eigenvalue weighted by Gasteiger charge is -2.32. The molecule has 0 aliphatic carbocycles. The van der Waals surface area contributed by atoms with Crippen LogP contribution in [-0.4, -0.2) is 47.5 Å². The smallest absolute Gasteiger partial charge is 0.412 e. The monoisotopic (exact) mass is 427 g/mol. The summed E-state index contributed by atoms with van der Waals surface area (Å²) in [6.45, 7) is 0.0214. The third-order valence-corrected chi connectivity index (χ3v) is 4.39. The first kappa shape index (κ1) is 21.3. The van der Waals surface area contributed by atoms with Crippen LogP contribution >= 0.6 is 0 Å². The lowest BCUT2D eigenvalue weighted by molar-refractivity contribution is -0.123. The second-order valence-electron chi connectivity index (χ2n) is 6.73. The van der Waals surface area contributed by atoms with Gasteiger partial charge in [0.15, 0.2) is 0 Å². The highest BCUT2D eigenvalue weighted by atomic mass is 19.4. The summed E-state index contributed by atoms with van der Waals surface area (Å²) in [6.07, 6.45) is -5.87. The number of carbonyl (C=O) groups is 2. The molecule has 160 valence electrons. The molecule has 2 N–H and O–H groups in total. The molecule has 11 heteroatoms. The predicted octanol–water partition coefficient (Wildman–Crippen LogP) is 3.37. The molecule has 0 saturated heterocycles. The third kappa shape index (κ3) is 4.78. The van der Waals surface area contributed by atoms with Crippen molar-refractivity contribution in [1.29, 1.82) is 0 Å². The maximum Gasteiger partial charge on any atom is 0.412 e. The zero-order valence-corrected chi connectivity index (χ0v) is 15.7. The van der Waals surface area contributed by atoms with Gasteiger partial charge in [0, 0.05) is 0 Å². The maximum atomic E-state index is 13.2. The number of anilines is 1. The van der Waals surface area contributed by atoms with E-state index in [0.29, 0.717) is 5.56 Å². The second-order valence-corrected chi connectivity index (χ2v) is 6.73. The van der Waals surface area contributed by atoms with Gasteiger partial charge in [0.1, 0.15) is 30.4 Å². The minimum absolute atomic E-state index is 0.0111. The van der Waals surface area contributed by atoms with Crippen LogP contribution in [0.4, 0.5) is 28.0 Å². The molecule has 0 radical (unpaired) electrons. The summed E-state index contributed by atoms with van der Waals surface area (Å²) in [5, 5.41) is 11.3. The van der Waals surface area contributed by atoms with Crippen LogP contribution in [0.3, 0.4) is 0 Å². The average molecular weight is 427 g/mol. The minimum atomic E-state index is -4.62. The Hall–Kier alpha value is -3.37. The van der Waals surface area contributed by atoms with Crippen LogP contribution in [-0.2, 0) is 6.42 Å². The fourth-order valence-electron chi connectivity index (χ4n) is 3.03. The van der Waals surface area contributed by atoms with Crippen LogP contribution in [0.15, 0.2) is 30.3 Å². The van der Waals surface area contributed by atoms with Gasteiger partial charge in [-0.05, 0) is 42.7 Å². The fourth-order valence-corrected chi connectivity index (χ4v) is 3.03. The quantitative estimate of drug-likeness (QED) is 0.730. The van der Waals surface area contributed by atoms with Crippen LogP contribution in [0, 0.1) is 5.82 Å². The van der Waals surface area contributed by atoms with Gasteiger partial charge >= 0.3 is 12.3 Å². The van der Waals surface area contributed by atoms with Crippen LogP contribution in [0.25, 0.3) is 0 Å². The number of alkyl halides is 3. The average Bonchev–Trinajstić information content (AvgIpc) is 2.66. The molecule has 1 atom stereocenters. The predicted molar refractivity (Wildman–Crippen MR) is 97.3 cm³/mol. The number of aromatic nitrogens is 1. The molecule has 2 aromatic rings. The highest BCUT2D eigenvalue weighted by Crippen LogP contribution is 2.35. The van der Waals surface area contributed by atoms with Crippen molar-refractivity contribution in [3.8, 4) is 5.88 Å². The van der Waals surface area contributed by atoms with E-state index in [-0.39, 0.29) is 35.9 Å². The van der Waals surface area contributed by atoms with Gasteiger partial charge in [-0.2, -0.15) is 13.2 Å². The van der Waals surface area contributed by atoms with E-state index in [9.17, 15) is 32.3 Å². The standard InChI is InChI=1S/C19H17F4N3O4/c1-10-8-30-17-14(26(10)18(28)29)7-12(6-11-2-4-13(20)5-3-11)15(25-17)16(27)24-9-19(21,22)23/h2-5,7,10H,6,8-9H2,1H3,(H,24,27)(H,28,29). The number of nitrogens with one attached hydrogen (secondary N) is 1. The molecule has 3 rings (SSSR count). The second kappa shape index (κ2) is 8.17. The Balaban J connectivity index is 2.04. The summed E-state index contributed by atoms with van der Waals surface area (Å²) < 4.78 is 56.1. The summed E-state index contributed by atoms with van der Waals surface area (Å²) >= 11 is 0. The molecule has 0 spiro atoms. The molecular weight excluding hydrogens is 410 g/mol. The van der Waals surface area contributed by atoms with Crippen molar-refractivity contribution >= 4 is 17.7 Å². The first-order valence-electron chi connectivity index (χ1n) is 8.83. The maximum absolute atomic E-state index is 13.2. The van der Waals surface area contributed by atoms with E-state index in [1.807, 2.05) is 0 Å². The van der Waals surface area contributed by atoms with Crippen molar-refractivity contribution in [2.24, 2.45) is 0 Å². The fraction of sp³-hybridized carbons (Fsp3) is 0.316. The van der Waals surface area contributed by atoms with Crippen molar-refractivity contribution in [3.63, 3.8) is 0 Å². The molecule has 0 bridgehead atoms. The van der Waals surface area contributed by atoms with Gasteiger partial charge in [-0.15, -0.1) is 0 Å². The largest absolute Gasteiger partial charge is 0.474 e. The van der Waals surface area contributed by atoms with Crippen molar-refractivity contribution < 1.29 is 37.0 Å². The normalized spacial score (nSPS) is 15.9. The summed E-state index contributed by atoms with van der Waals surface area (Å²) in [7, 11) is 0. The Kier molecular flexibility index (Phi) is 5.81. The van der Waals surface area contributed by atoms with Crippen LogP contribution < -0.4 is 15.0 Å². The van der Waals surface area contributed by atoms with Gasteiger partial charge in [-0.3, -0.25) is 9.69 Å². The van der Waals surface area contributed by atoms with Crippen molar-refractivity contribution in [3.05, 3.63) is 53.0 Å². The lowest BCUT2D eigenvalue weighted by Crippen LogP contribution is -2.45. The molecule has 1 unspecified atom stereocenters. The molecule has 30 heavy (non-hydrogen) atoms. The zero-order valence-electron chi connectivity index (χ0n) is 15.7. The third-order valence-electron chi connectivity index (χ3n) is 4.39. The van der Waals surface area contributed by atoms with Gasteiger partial charge in [0.2, 0.25) is 5.88 Å². The van der Waals surface area contributed by atoms with Crippen molar-refractivity contribution in [2.75, 3.05) is 18.1 Å². The highest BCUT2D eigenvalue weighted by Gasteiger charge is 2.33. The first-order chi connectivity index (χ1) is 14.0. The van der Waals surface area contributed by atoms with Crippen molar-refractivity contribution in [2.45, 2.75) is 25.6 Å². The number of fused-ring (bicyclic) bond motifs is 1.